The summed E-state index contributed by atoms with van der Waals surface area (Å²) in [5.41, 5.74) is 1.17. The van der Waals surface area contributed by atoms with Gasteiger partial charge in [0.2, 0.25) is 11.8 Å². The van der Waals surface area contributed by atoms with Crippen LogP contribution in [0.4, 0.5) is 18.9 Å². The minimum atomic E-state index is -5.11. The number of carbonyl (C=O) groups excluding carboxylic acids is 1. The third kappa shape index (κ3) is 4.05. The predicted octanol–water partition coefficient (Wildman–Crippen LogP) is 3.33. The van der Waals surface area contributed by atoms with Crippen LogP contribution in [0.1, 0.15) is 0 Å². The van der Waals surface area contributed by atoms with Crippen LogP contribution in [0, 0.1) is 0 Å². The second kappa shape index (κ2) is 7.06. The first-order valence-corrected chi connectivity index (χ1v) is 7.60. The smallest absolute Gasteiger partial charge is 0.418 e. The Morgan fingerprint density at radius 3 is 2.41 bits per heavy atom. The summed E-state index contributed by atoms with van der Waals surface area (Å²) in [4.78, 5) is 16.7. The molecule has 0 bridgehead atoms. The number of anilines is 1. The number of alkyl halides is 3. The van der Waals surface area contributed by atoms with E-state index >= 15 is 0 Å². The summed E-state index contributed by atoms with van der Waals surface area (Å²) in [6, 6.07) is 7.71. The molecule has 0 amide bonds. The summed E-state index contributed by atoms with van der Waals surface area (Å²) in [7, 11) is 3.21. The molecule has 0 aliphatic rings. The molecule has 0 aliphatic carbocycles. The van der Waals surface area contributed by atoms with Crippen molar-refractivity contribution >= 4 is 11.7 Å². The van der Waals surface area contributed by atoms with Gasteiger partial charge in [-0.05, 0) is 30.3 Å². The van der Waals surface area contributed by atoms with Crippen LogP contribution in [-0.4, -0.2) is 41.4 Å². The highest BCUT2D eigenvalue weighted by atomic mass is 19.4. The molecule has 0 aliphatic heterocycles. The van der Waals surface area contributed by atoms with E-state index in [0.717, 1.165) is 0 Å². The lowest BCUT2D eigenvalue weighted by molar-refractivity contribution is -0.189. The Morgan fingerprint density at radius 1 is 1.11 bits per heavy atom. The van der Waals surface area contributed by atoms with Gasteiger partial charge in [-0.15, -0.1) is 10.2 Å². The molecule has 2 aromatic heterocycles. The average Bonchev–Trinajstić information content (AvgIpc) is 3.11. The molecule has 0 saturated carbocycles. The van der Waals surface area contributed by atoms with Gasteiger partial charge in [-0.2, -0.15) is 13.2 Å². The van der Waals surface area contributed by atoms with Crippen LogP contribution in [0.3, 0.4) is 0 Å². The maximum absolute atomic E-state index is 12.5. The molecule has 1 aromatic carbocycles. The number of aromatic nitrogens is 3. The van der Waals surface area contributed by atoms with Crippen LogP contribution in [0.25, 0.3) is 22.9 Å². The summed E-state index contributed by atoms with van der Waals surface area (Å²) >= 11 is 0. The molecule has 0 unspecified atom stereocenters. The quantitative estimate of drug-likeness (QED) is 0.509. The van der Waals surface area contributed by atoms with Crippen molar-refractivity contribution in [2.24, 2.45) is 0 Å². The fourth-order valence-electron chi connectivity index (χ4n) is 2.20. The van der Waals surface area contributed by atoms with E-state index in [0.29, 0.717) is 11.1 Å². The van der Waals surface area contributed by atoms with Crippen molar-refractivity contribution in [3.63, 3.8) is 0 Å². The summed E-state index contributed by atoms with van der Waals surface area (Å²) in [6.45, 7) is 0. The third-order valence-electron chi connectivity index (χ3n) is 3.46. The second-order valence-electron chi connectivity index (χ2n) is 5.62. The van der Waals surface area contributed by atoms with Crippen LogP contribution in [0.5, 0.6) is 5.75 Å². The fraction of sp³-hybridized carbons (Fsp3) is 0.176. The summed E-state index contributed by atoms with van der Waals surface area (Å²) in [5.74, 6) is -2.34. The van der Waals surface area contributed by atoms with Crippen molar-refractivity contribution < 1.29 is 27.1 Å². The maximum Gasteiger partial charge on any atom is 0.491 e. The van der Waals surface area contributed by atoms with E-state index in [2.05, 4.69) is 19.9 Å². The van der Waals surface area contributed by atoms with Gasteiger partial charge in [0.1, 0.15) is 0 Å². The number of ether oxygens (including phenoxy) is 1. The largest absolute Gasteiger partial charge is 0.491 e. The molecule has 0 radical (unpaired) electrons. The van der Waals surface area contributed by atoms with Gasteiger partial charge >= 0.3 is 12.1 Å². The van der Waals surface area contributed by atoms with E-state index in [1.807, 2.05) is 0 Å². The van der Waals surface area contributed by atoms with Crippen LogP contribution in [-0.2, 0) is 4.79 Å². The van der Waals surface area contributed by atoms with E-state index in [1.54, 1.807) is 38.5 Å². The lowest BCUT2D eigenvalue weighted by Crippen LogP contribution is -2.28. The number of hydrogen-bond acceptors (Lipinski definition) is 7. The Morgan fingerprint density at radius 2 is 1.81 bits per heavy atom. The number of benzene rings is 1. The summed E-state index contributed by atoms with van der Waals surface area (Å²) < 4.78 is 47.7. The molecule has 0 saturated heterocycles. The third-order valence-corrected chi connectivity index (χ3v) is 3.46. The normalized spacial score (nSPS) is 11.3. The average molecular weight is 378 g/mol. The minimum Gasteiger partial charge on any atom is -0.418 e. The van der Waals surface area contributed by atoms with Crippen molar-refractivity contribution in [3.05, 3.63) is 42.7 Å². The second-order valence-corrected chi connectivity index (χ2v) is 5.62. The van der Waals surface area contributed by atoms with Crippen molar-refractivity contribution in [2.75, 3.05) is 19.0 Å². The van der Waals surface area contributed by atoms with Gasteiger partial charge in [0, 0.05) is 32.1 Å². The van der Waals surface area contributed by atoms with Crippen molar-refractivity contribution in [2.45, 2.75) is 6.18 Å². The Hall–Kier alpha value is -3.43. The number of esters is 1. The monoisotopic (exact) mass is 378 g/mol. The van der Waals surface area contributed by atoms with Crippen LogP contribution in [0.15, 0.2) is 47.1 Å². The van der Waals surface area contributed by atoms with Gasteiger partial charge < -0.3 is 14.1 Å². The zero-order valence-corrected chi connectivity index (χ0v) is 14.2. The zero-order chi connectivity index (χ0) is 19.6. The van der Waals surface area contributed by atoms with Gasteiger partial charge in [0.05, 0.1) is 11.3 Å². The number of pyridine rings is 1. The lowest BCUT2D eigenvalue weighted by Gasteiger charge is -2.18. The first kappa shape index (κ1) is 18.4. The highest BCUT2D eigenvalue weighted by Crippen LogP contribution is 2.34. The maximum atomic E-state index is 12.5. The number of hydrogen-bond donors (Lipinski definition) is 0. The Bertz CT molecular complexity index is 956. The zero-order valence-electron chi connectivity index (χ0n) is 14.2. The molecule has 2 heterocycles. The molecular formula is C17H13F3N4O3. The molecule has 10 heteroatoms. The van der Waals surface area contributed by atoms with Gasteiger partial charge in [0.25, 0.3) is 0 Å². The lowest BCUT2D eigenvalue weighted by atomic mass is 10.2. The molecule has 0 N–H and O–H groups in total. The highest BCUT2D eigenvalue weighted by Gasteiger charge is 2.41. The van der Waals surface area contributed by atoms with Crippen molar-refractivity contribution in [1.29, 1.82) is 0 Å². The van der Waals surface area contributed by atoms with E-state index in [1.165, 1.54) is 23.2 Å². The molecule has 7 nitrogen and oxygen atoms in total. The molecule has 3 rings (SSSR count). The predicted molar refractivity (Wildman–Crippen MR) is 89.0 cm³/mol. The Balaban J connectivity index is 1.96. The molecule has 0 fully saturated rings. The molecular weight excluding hydrogens is 365 g/mol. The first-order valence-electron chi connectivity index (χ1n) is 7.60. The van der Waals surface area contributed by atoms with E-state index in [-0.39, 0.29) is 23.2 Å². The minimum absolute atomic E-state index is 0.0588. The van der Waals surface area contributed by atoms with Crippen LogP contribution in [0.2, 0.25) is 0 Å². The topological polar surface area (TPSA) is 81.3 Å². The Kier molecular flexibility index (Phi) is 4.80. The number of rotatable bonds is 4. The summed E-state index contributed by atoms with van der Waals surface area (Å²) in [5, 5.41) is 7.78. The number of halogens is 3. The summed E-state index contributed by atoms with van der Waals surface area (Å²) in [6.07, 6.45) is -2.00. The first-order chi connectivity index (χ1) is 12.8. The van der Waals surface area contributed by atoms with E-state index in [4.69, 9.17) is 4.42 Å². The molecule has 3 aromatic rings. The number of nitrogens with zero attached hydrogens (tertiary/aromatic N) is 4. The fourth-order valence-corrected chi connectivity index (χ4v) is 2.20. The number of carbonyl (C=O) groups is 1. The highest BCUT2D eigenvalue weighted by molar-refractivity contribution is 5.81. The van der Waals surface area contributed by atoms with Crippen molar-refractivity contribution in [1.82, 2.24) is 15.2 Å². The van der Waals surface area contributed by atoms with E-state index in [9.17, 15) is 18.0 Å². The van der Waals surface area contributed by atoms with E-state index < -0.39 is 12.1 Å². The van der Waals surface area contributed by atoms with Crippen LogP contribution >= 0.6 is 0 Å². The molecule has 140 valence electrons. The van der Waals surface area contributed by atoms with Gasteiger partial charge in [-0.1, -0.05) is 0 Å². The van der Waals surface area contributed by atoms with Gasteiger partial charge in [-0.25, -0.2) is 4.79 Å². The molecule has 0 spiro atoms. The standard InChI is InChI=1S/C17H13F3N4O3/c1-24(2)12-6-5-10(8-13(12)26-16(25)17(18,19)20)14-22-23-15(27-14)11-4-3-7-21-9-11/h3-9H,1-2H3. The Labute approximate surface area is 151 Å². The SMILES string of the molecule is CN(C)c1ccc(-c2nnc(-c3cccnc3)o2)cc1OC(=O)C(F)(F)F. The van der Waals surface area contributed by atoms with Crippen molar-refractivity contribution in [3.8, 4) is 28.7 Å². The van der Waals surface area contributed by atoms with Crippen LogP contribution < -0.4 is 9.64 Å². The van der Waals surface area contributed by atoms with Gasteiger partial charge in [-0.3, -0.25) is 4.98 Å². The molecule has 0 atom stereocenters. The molecule has 27 heavy (non-hydrogen) atoms. The van der Waals surface area contributed by atoms with Gasteiger partial charge in [0.15, 0.2) is 5.75 Å².